The van der Waals surface area contributed by atoms with Crippen molar-refractivity contribution in [2.45, 2.75) is 12.5 Å². The van der Waals surface area contributed by atoms with Crippen LogP contribution in [-0.4, -0.2) is 24.2 Å². The van der Waals surface area contributed by atoms with Gasteiger partial charge in [0.25, 0.3) is 0 Å². The summed E-state index contributed by atoms with van der Waals surface area (Å²) in [6, 6.07) is 8.94. The Morgan fingerprint density at radius 3 is 2.46 bits per heavy atom. The van der Waals surface area contributed by atoms with Crippen LogP contribution in [0.5, 0.6) is 5.75 Å². The van der Waals surface area contributed by atoms with Gasteiger partial charge in [0.15, 0.2) is 0 Å². The summed E-state index contributed by atoms with van der Waals surface area (Å²) in [5.74, 6) is -1.95. The molecule has 2 rings (SSSR count). The van der Waals surface area contributed by atoms with E-state index in [0.29, 0.717) is 16.9 Å². The van der Waals surface area contributed by atoms with Crippen LogP contribution in [0.3, 0.4) is 0 Å². The molecule has 0 heterocycles. The van der Waals surface area contributed by atoms with Crippen molar-refractivity contribution in [2.24, 2.45) is 5.73 Å². The lowest BCUT2D eigenvalue weighted by Gasteiger charge is -2.12. The van der Waals surface area contributed by atoms with Crippen LogP contribution in [-0.2, 0) is 4.79 Å². The van der Waals surface area contributed by atoms with E-state index >= 15 is 0 Å². The van der Waals surface area contributed by atoms with Crippen molar-refractivity contribution in [2.75, 3.05) is 7.11 Å². The van der Waals surface area contributed by atoms with Crippen molar-refractivity contribution in [3.8, 4) is 5.75 Å². The molecule has 0 saturated carbocycles. The van der Waals surface area contributed by atoms with E-state index in [0.717, 1.165) is 12.1 Å². The van der Waals surface area contributed by atoms with Crippen LogP contribution in [0.25, 0.3) is 5.57 Å². The maximum atomic E-state index is 14.2. The minimum Gasteiger partial charge on any atom is -0.497 e. The van der Waals surface area contributed by atoms with Gasteiger partial charge < -0.3 is 15.6 Å². The molecular formula is C18H17F2NO3. The number of halogens is 2. The Morgan fingerprint density at radius 2 is 1.92 bits per heavy atom. The number of hydrogen-bond donors (Lipinski definition) is 2. The number of carbonyl (C=O) groups is 1. The van der Waals surface area contributed by atoms with Crippen LogP contribution >= 0.6 is 0 Å². The molecule has 0 aromatic heterocycles. The summed E-state index contributed by atoms with van der Waals surface area (Å²) in [7, 11) is 1.53. The monoisotopic (exact) mass is 333 g/mol. The third kappa shape index (κ3) is 4.17. The zero-order chi connectivity index (χ0) is 17.7. The van der Waals surface area contributed by atoms with Crippen LogP contribution in [0.2, 0.25) is 0 Å². The van der Waals surface area contributed by atoms with Crippen molar-refractivity contribution >= 4 is 11.5 Å². The molecule has 1 atom stereocenters. The first-order valence-corrected chi connectivity index (χ1v) is 7.20. The summed E-state index contributed by atoms with van der Waals surface area (Å²) < 4.78 is 32.4. The predicted octanol–water partition coefficient (Wildman–Crippen LogP) is 3.21. The lowest BCUT2D eigenvalue weighted by atomic mass is 9.95. The molecule has 2 aromatic carbocycles. The molecule has 0 aliphatic rings. The molecule has 1 unspecified atom stereocenters. The smallest absolute Gasteiger partial charge is 0.320 e. The van der Waals surface area contributed by atoms with Crippen molar-refractivity contribution in [3.63, 3.8) is 0 Å². The largest absolute Gasteiger partial charge is 0.497 e. The summed E-state index contributed by atoms with van der Waals surface area (Å²) >= 11 is 0. The van der Waals surface area contributed by atoms with Crippen molar-refractivity contribution in [1.29, 1.82) is 0 Å². The second kappa shape index (κ2) is 7.70. The van der Waals surface area contributed by atoms with Crippen molar-refractivity contribution in [1.82, 2.24) is 0 Å². The topological polar surface area (TPSA) is 72.5 Å². The molecule has 6 heteroatoms. The summed E-state index contributed by atoms with van der Waals surface area (Å²) in [6.07, 6.45) is 1.55. The second-order valence-electron chi connectivity index (χ2n) is 5.15. The molecule has 0 amide bonds. The minimum atomic E-state index is -1.15. The number of carboxylic acid groups (broad SMARTS) is 1. The van der Waals surface area contributed by atoms with E-state index in [2.05, 4.69) is 0 Å². The Balaban J connectivity index is 2.47. The number of methoxy groups -OCH3 is 1. The molecule has 0 saturated heterocycles. The maximum Gasteiger partial charge on any atom is 0.320 e. The van der Waals surface area contributed by atoms with E-state index in [1.807, 2.05) is 0 Å². The average Bonchev–Trinajstić information content (AvgIpc) is 2.56. The lowest BCUT2D eigenvalue weighted by molar-refractivity contribution is -0.138. The molecule has 0 radical (unpaired) electrons. The zero-order valence-corrected chi connectivity index (χ0v) is 13.0. The van der Waals surface area contributed by atoms with Crippen LogP contribution in [0, 0.1) is 11.6 Å². The average molecular weight is 333 g/mol. The van der Waals surface area contributed by atoms with Gasteiger partial charge in [0.2, 0.25) is 0 Å². The SMILES string of the molecule is COc1ccc(/C(=C\CC(N)C(=O)O)c2ccc(F)cc2F)cc1. The quantitative estimate of drug-likeness (QED) is 0.851. The molecular weight excluding hydrogens is 316 g/mol. The molecule has 0 aliphatic carbocycles. The Bertz CT molecular complexity index is 757. The number of benzene rings is 2. The van der Waals surface area contributed by atoms with Gasteiger partial charge in [0.1, 0.15) is 23.4 Å². The summed E-state index contributed by atoms with van der Waals surface area (Å²) in [4.78, 5) is 10.9. The predicted molar refractivity (Wildman–Crippen MR) is 86.7 cm³/mol. The zero-order valence-electron chi connectivity index (χ0n) is 13.0. The van der Waals surface area contributed by atoms with Crippen molar-refractivity contribution < 1.29 is 23.4 Å². The van der Waals surface area contributed by atoms with Gasteiger partial charge in [-0.05, 0) is 41.8 Å². The third-order valence-corrected chi connectivity index (χ3v) is 3.52. The van der Waals surface area contributed by atoms with Gasteiger partial charge in [0.05, 0.1) is 7.11 Å². The molecule has 2 aromatic rings. The van der Waals surface area contributed by atoms with Gasteiger partial charge in [-0.15, -0.1) is 0 Å². The van der Waals surface area contributed by atoms with Crippen molar-refractivity contribution in [3.05, 3.63) is 71.3 Å². The van der Waals surface area contributed by atoms with E-state index in [-0.39, 0.29) is 12.0 Å². The van der Waals surface area contributed by atoms with Crippen LogP contribution < -0.4 is 10.5 Å². The normalized spacial score (nSPS) is 12.8. The Hall–Kier alpha value is -2.73. The van der Waals surface area contributed by atoms with Gasteiger partial charge in [-0.2, -0.15) is 0 Å². The van der Waals surface area contributed by atoms with E-state index in [9.17, 15) is 13.6 Å². The highest BCUT2D eigenvalue weighted by Crippen LogP contribution is 2.28. The molecule has 126 valence electrons. The summed E-state index contributed by atoms with van der Waals surface area (Å²) in [5, 5.41) is 8.90. The van der Waals surface area contributed by atoms with Gasteiger partial charge >= 0.3 is 5.97 Å². The Kier molecular flexibility index (Phi) is 5.65. The summed E-state index contributed by atoms with van der Waals surface area (Å²) in [5.41, 5.74) is 6.75. The maximum absolute atomic E-state index is 14.2. The molecule has 0 fully saturated rings. The highest BCUT2D eigenvalue weighted by molar-refractivity contribution is 5.81. The second-order valence-corrected chi connectivity index (χ2v) is 5.15. The summed E-state index contributed by atoms with van der Waals surface area (Å²) in [6.45, 7) is 0. The first-order chi connectivity index (χ1) is 11.4. The van der Waals surface area contributed by atoms with Crippen LogP contribution in [0.15, 0.2) is 48.5 Å². The van der Waals surface area contributed by atoms with Crippen LogP contribution in [0.1, 0.15) is 17.5 Å². The van der Waals surface area contributed by atoms with E-state index in [4.69, 9.17) is 15.6 Å². The number of ether oxygens (including phenoxy) is 1. The Morgan fingerprint density at radius 1 is 1.25 bits per heavy atom. The lowest BCUT2D eigenvalue weighted by Crippen LogP contribution is -2.29. The molecule has 24 heavy (non-hydrogen) atoms. The van der Waals surface area contributed by atoms with Gasteiger partial charge in [-0.1, -0.05) is 18.2 Å². The number of carboxylic acids is 1. The first kappa shape index (κ1) is 17.6. The Labute approximate surface area is 138 Å². The number of rotatable bonds is 6. The third-order valence-electron chi connectivity index (χ3n) is 3.52. The van der Waals surface area contributed by atoms with E-state index in [1.165, 1.54) is 19.3 Å². The standard InChI is InChI=1S/C18H17F2NO3/c1-24-13-5-2-11(3-6-13)14(8-9-17(21)18(22)23)15-7-4-12(19)10-16(15)20/h2-8,10,17H,9,21H2,1H3,(H,22,23)/b14-8+. The fourth-order valence-corrected chi connectivity index (χ4v) is 2.21. The molecule has 3 N–H and O–H groups in total. The van der Waals surface area contributed by atoms with Crippen LogP contribution in [0.4, 0.5) is 8.78 Å². The fraction of sp³-hybridized carbons (Fsp3) is 0.167. The fourth-order valence-electron chi connectivity index (χ4n) is 2.21. The highest BCUT2D eigenvalue weighted by atomic mass is 19.1. The van der Waals surface area contributed by atoms with E-state index in [1.54, 1.807) is 24.3 Å². The highest BCUT2D eigenvalue weighted by Gasteiger charge is 2.14. The molecule has 0 aliphatic heterocycles. The molecule has 0 spiro atoms. The van der Waals surface area contributed by atoms with E-state index < -0.39 is 23.6 Å². The van der Waals surface area contributed by atoms with Gasteiger partial charge in [-0.3, -0.25) is 4.79 Å². The first-order valence-electron chi connectivity index (χ1n) is 7.20. The number of hydrogen-bond acceptors (Lipinski definition) is 3. The molecule has 4 nitrogen and oxygen atoms in total. The molecule has 0 bridgehead atoms. The number of nitrogens with two attached hydrogens (primary N) is 1. The van der Waals surface area contributed by atoms with Gasteiger partial charge in [0, 0.05) is 11.6 Å². The minimum absolute atomic E-state index is 0.00745. The number of aliphatic carboxylic acids is 1. The van der Waals surface area contributed by atoms with Gasteiger partial charge in [-0.25, -0.2) is 8.78 Å².